The van der Waals surface area contributed by atoms with Crippen molar-refractivity contribution < 1.29 is 4.79 Å². The van der Waals surface area contributed by atoms with Crippen LogP contribution in [0.2, 0.25) is 0 Å². The summed E-state index contributed by atoms with van der Waals surface area (Å²) in [4.78, 5) is 19.0. The fourth-order valence-corrected chi connectivity index (χ4v) is 2.99. The number of halogens is 1. The van der Waals surface area contributed by atoms with E-state index in [0.717, 1.165) is 42.4 Å². The molecule has 1 aromatic heterocycles. The fourth-order valence-electron chi connectivity index (χ4n) is 2.24. The van der Waals surface area contributed by atoms with Gasteiger partial charge >= 0.3 is 0 Å². The van der Waals surface area contributed by atoms with Gasteiger partial charge in [-0.1, -0.05) is 0 Å². The third-order valence-electron chi connectivity index (χ3n) is 3.23. The van der Waals surface area contributed by atoms with Crippen molar-refractivity contribution in [1.29, 1.82) is 0 Å². The van der Waals surface area contributed by atoms with Gasteiger partial charge in [0, 0.05) is 13.1 Å². The predicted molar refractivity (Wildman–Crippen MR) is 76.7 cm³/mol. The molecule has 1 amide bonds. The van der Waals surface area contributed by atoms with Crippen molar-refractivity contribution in [2.45, 2.75) is 19.8 Å². The van der Waals surface area contributed by atoms with Crippen LogP contribution in [0, 0.1) is 12.8 Å². The first-order valence-corrected chi connectivity index (χ1v) is 6.88. The molecule has 2 rings (SSSR count). The molecule has 0 unspecified atom stereocenters. The van der Waals surface area contributed by atoms with Crippen LogP contribution in [0.5, 0.6) is 0 Å². The molecule has 0 bridgehead atoms. The second-order valence-corrected chi connectivity index (χ2v) is 5.77. The SMILES string of the molecule is CNCC1CCN(C(=O)c2cnc(C)s2)CC1.Cl. The lowest BCUT2D eigenvalue weighted by atomic mass is 9.97. The van der Waals surface area contributed by atoms with Crippen LogP contribution in [0.3, 0.4) is 0 Å². The lowest BCUT2D eigenvalue weighted by Crippen LogP contribution is -2.40. The number of rotatable bonds is 3. The van der Waals surface area contributed by atoms with Gasteiger partial charge < -0.3 is 10.2 Å². The van der Waals surface area contributed by atoms with E-state index in [0.29, 0.717) is 5.92 Å². The molecule has 0 aromatic carbocycles. The quantitative estimate of drug-likeness (QED) is 0.925. The fraction of sp³-hybridized carbons (Fsp3) is 0.667. The summed E-state index contributed by atoms with van der Waals surface area (Å²) in [5, 5.41) is 4.16. The molecule has 0 spiro atoms. The van der Waals surface area contributed by atoms with Crippen molar-refractivity contribution >= 4 is 29.7 Å². The van der Waals surface area contributed by atoms with E-state index in [1.54, 1.807) is 6.20 Å². The smallest absolute Gasteiger partial charge is 0.265 e. The van der Waals surface area contributed by atoms with E-state index in [2.05, 4.69) is 10.3 Å². The Bertz CT molecular complexity index is 388. The van der Waals surface area contributed by atoms with Gasteiger partial charge in [-0.05, 0) is 39.3 Å². The Morgan fingerprint density at radius 1 is 1.56 bits per heavy atom. The van der Waals surface area contributed by atoms with E-state index in [4.69, 9.17) is 0 Å². The molecule has 0 aliphatic carbocycles. The number of hydrogen-bond acceptors (Lipinski definition) is 4. The van der Waals surface area contributed by atoms with Crippen LogP contribution >= 0.6 is 23.7 Å². The van der Waals surface area contributed by atoms with E-state index < -0.39 is 0 Å². The van der Waals surface area contributed by atoms with Crippen molar-refractivity contribution in [3.63, 3.8) is 0 Å². The number of thiazole rings is 1. The topological polar surface area (TPSA) is 45.2 Å². The normalized spacial score (nSPS) is 16.4. The minimum atomic E-state index is 0. The number of nitrogens with one attached hydrogen (secondary N) is 1. The van der Waals surface area contributed by atoms with Gasteiger partial charge in [-0.3, -0.25) is 4.79 Å². The maximum Gasteiger partial charge on any atom is 0.265 e. The van der Waals surface area contributed by atoms with Crippen LogP contribution in [0.25, 0.3) is 0 Å². The summed E-state index contributed by atoms with van der Waals surface area (Å²) in [7, 11) is 1.98. The highest BCUT2D eigenvalue weighted by atomic mass is 35.5. The Morgan fingerprint density at radius 3 is 2.72 bits per heavy atom. The third-order valence-corrected chi connectivity index (χ3v) is 4.13. The van der Waals surface area contributed by atoms with Gasteiger partial charge in [0.1, 0.15) is 4.88 Å². The first kappa shape index (κ1) is 15.4. The Hall–Kier alpha value is -0.650. The highest BCUT2D eigenvalue weighted by molar-refractivity contribution is 7.13. The van der Waals surface area contributed by atoms with Crippen LogP contribution in [0.15, 0.2) is 6.20 Å². The highest BCUT2D eigenvalue weighted by Gasteiger charge is 2.24. The maximum absolute atomic E-state index is 12.2. The van der Waals surface area contributed by atoms with Gasteiger partial charge in [-0.15, -0.1) is 23.7 Å². The number of amides is 1. The molecular formula is C12H20ClN3OS. The molecular weight excluding hydrogens is 270 g/mol. The summed E-state index contributed by atoms with van der Waals surface area (Å²) in [5.41, 5.74) is 0. The van der Waals surface area contributed by atoms with Gasteiger partial charge in [0.25, 0.3) is 5.91 Å². The van der Waals surface area contributed by atoms with Gasteiger partial charge in [-0.25, -0.2) is 4.98 Å². The van der Waals surface area contributed by atoms with Gasteiger partial charge in [0.2, 0.25) is 0 Å². The number of aryl methyl sites for hydroxylation is 1. The maximum atomic E-state index is 12.2. The molecule has 1 N–H and O–H groups in total. The molecule has 2 heterocycles. The third kappa shape index (κ3) is 3.67. The predicted octanol–water partition coefficient (Wildman–Crippen LogP) is 1.94. The van der Waals surface area contributed by atoms with Crippen LogP contribution in [0.1, 0.15) is 27.5 Å². The highest BCUT2D eigenvalue weighted by Crippen LogP contribution is 2.20. The molecule has 1 fully saturated rings. The zero-order valence-corrected chi connectivity index (χ0v) is 12.4. The number of carbonyl (C=O) groups excluding carboxylic acids is 1. The summed E-state index contributed by atoms with van der Waals surface area (Å²) < 4.78 is 0. The molecule has 18 heavy (non-hydrogen) atoms. The number of aromatic nitrogens is 1. The second-order valence-electron chi connectivity index (χ2n) is 4.54. The van der Waals surface area contributed by atoms with E-state index in [1.165, 1.54) is 11.3 Å². The molecule has 1 aliphatic rings. The lowest BCUT2D eigenvalue weighted by Gasteiger charge is -2.31. The Kier molecular flexibility index (Phi) is 6.05. The molecule has 0 saturated carbocycles. The molecule has 1 aromatic rings. The average molecular weight is 290 g/mol. The van der Waals surface area contributed by atoms with Crippen LogP contribution < -0.4 is 5.32 Å². The van der Waals surface area contributed by atoms with Crippen molar-refractivity contribution in [2.24, 2.45) is 5.92 Å². The number of likely N-dealkylation sites (tertiary alicyclic amines) is 1. The molecule has 1 saturated heterocycles. The second kappa shape index (κ2) is 7.07. The number of nitrogens with zero attached hydrogens (tertiary/aromatic N) is 2. The van der Waals surface area contributed by atoms with Gasteiger partial charge in [-0.2, -0.15) is 0 Å². The van der Waals surface area contributed by atoms with E-state index in [1.807, 2.05) is 18.9 Å². The summed E-state index contributed by atoms with van der Waals surface area (Å²) in [6.45, 7) is 4.74. The summed E-state index contributed by atoms with van der Waals surface area (Å²) in [6, 6.07) is 0. The number of piperidine rings is 1. The Balaban J connectivity index is 0.00000162. The van der Waals surface area contributed by atoms with Crippen molar-refractivity contribution in [2.75, 3.05) is 26.7 Å². The first-order valence-electron chi connectivity index (χ1n) is 6.07. The largest absolute Gasteiger partial charge is 0.338 e. The van der Waals surface area contributed by atoms with E-state index >= 15 is 0 Å². The standard InChI is InChI=1S/C12H19N3OS.ClH/c1-9-14-8-11(17-9)12(16)15-5-3-10(4-6-15)7-13-2;/h8,10,13H,3-7H2,1-2H3;1H. The summed E-state index contributed by atoms with van der Waals surface area (Å²) >= 11 is 1.49. The lowest BCUT2D eigenvalue weighted by molar-refractivity contribution is 0.0695. The molecule has 4 nitrogen and oxygen atoms in total. The molecule has 102 valence electrons. The van der Waals surface area contributed by atoms with E-state index in [-0.39, 0.29) is 18.3 Å². The summed E-state index contributed by atoms with van der Waals surface area (Å²) in [5.74, 6) is 0.866. The van der Waals surface area contributed by atoms with E-state index in [9.17, 15) is 4.79 Å². The van der Waals surface area contributed by atoms with Crippen LogP contribution in [0.4, 0.5) is 0 Å². The number of carbonyl (C=O) groups is 1. The van der Waals surface area contributed by atoms with Crippen molar-refractivity contribution in [3.8, 4) is 0 Å². The average Bonchev–Trinajstić information content (AvgIpc) is 2.76. The molecule has 1 aliphatic heterocycles. The first-order chi connectivity index (χ1) is 8.20. The minimum Gasteiger partial charge on any atom is -0.338 e. The minimum absolute atomic E-state index is 0. The monoisotopic (exact) mass is 289 g/mol. The number of hydrogen-bond donors (Lipinski definition) is 1. The zero-order valence-electron chi connectivity index (χ0n) is 10.8. The van der Waals surface area contributed by atoms with Gasteiger partial charge in [0.15, 0.2) is 0 Å². The molecule has 6 heteroatoms. The summed E-state index contributed by atoms with van der Waals surface area (Å²) in [6.07, 6.45) is 3.90. The van der Waals surface area contributed by atoms with Crippen molar-refractivity contribution in [3.05, 3.63) is 16.1 Å². The van der Waals surface area contributed by atoms with Crippen LogP contribution in [-0.4, -0.2) is 42.5 Å². The molecule has 0 radical (unpaired) electrons. The molecule has 0 atom stereocenters. The van der Waals surface area contributed by atoms with Crippen LogP contribution in [-0.2, 0) is 0 Å². The Morgan fingerprint density at radius 2 is 2.22 bits per heavy atom. The van der Waals surface area contributed by atoms with Crippen molar-refractivity contribution in [1.82, 2.24) is 15.2 Å². The Labute approximate surface area is 118 Å². The zero-order chi connectivity index (χ0) is 12.3. The van der Waals surface area contributed by atoms with Gasteiger partial charge in [0.05, 0.1) is 11.2 Å².